The van der Waals surface area contributed by atoms with Gasteiger partial charge in [0.1, 0.15) is 17.1 Å². The fourth-order valence-electron chi connectivity index (χ4n) is 2.57. The van der Waals surface area contributed by atoms with Crippen LogP contribution in [0, 0.1) is 6.92 Å². The summed E-state index contributed by atoms with van der Waals surface area (Å²) in [5, 5.41) is 17.0. The van der Waals surface area contributed by atoms with Gasteiger partial charge < -0.3 is 24.9 Å². The summed E-state index contributed by atoms with van der Waals surface area (Å²) in [4.78, 5) is 4.64. The Morgan fingerprint density at radius 1 is 1.26 bits per heavy atom. The number of nitrogens with one attached hydrogen (secondary N) is 2. The number of benzene rings is 1. The highest BCUT2D eigenvalue weighted by Crippen LogP contribution is 2.22. The van der Waals surface area contributed by atoms with Gasteiger partial charge in [-0.15, -0.1) is 0 Å². The molecule has 1 heterocycles. The smallest absolute Gasteiger partial charge is 0.191 e. The first-order valence-electron chi connectivity index (χ1n) is 9.47. The van der Waals surface area contributed by atoms with E-state index in [1.807, 2.05) is 26.0 Å². The van der Waals surface area contributed by atoms with Crippen LogP contribution in [0.2, 0.25) is 0 Å². The molecule has 0 bridgehead atoms. The van der Waals surface area contributed by atoms with E-state index < -0.39 is 5.60 Å². The molecule has 1 atom stereocenters. The summed E-state index contributed by atoms with van der Waals surface area (Å²) in [7, 11) is 0. The molecule has 0 fully saturated rings. The minimum Gasteiger partial charge on any atom is -0.493 e. The van der Waals surface area contributed by atoms with Gasteiger partial charge in [0.05, 0.1) is 26.0 Å². The number of aryl methyl sites for hydroxylation is 1. The Hall–Kier alpha value is -2.47. The normalized spacial score (nSPS) is 13.9. The molecule has 0 aliphatic rings. The second kappa shape index (κ2) is 10.0. The second-order valence-corrected chi connectivity index (χ2v) is 6.76. The van der Waals surface area contributed by atoms with Crippen molar-refractivity contribution in [3.05, 3.63) is 53.5 Å². The molecule has 0 saturated carbocycles. The molecule has 0 radical (unpaired) electrons. The molecule has 1 aromatic carbocycles. The highest BCUT2D eigenvalue weighted by atomic mass is 16.5. The van der Waals surface area contributed by atoms with E-state index in [2.05, 4.69) is 28.6 Å². The summed E-state index contributed by atoms with van der Waals surface area (Å²) in [6.07, 6.45) is 2.51. The summed E-state index contributed by atoms with van der Waals surface area (Å²) < 4.78 is 11.2. The van der Waals surface area contributed by atoms with E-state index in [9.17, 15) is 5.11 Å². The summed E-state index contributed by atoms with van der Waals surface area (Å²) in [5.74, 6) is 2.02. The van der Waals surface area contributed by atoms with Gasteiger partial charge in [0.25, 0.3) is 0 Å². The minimum absolute atomic E-state index is 0.277. The Labute approximate surface area is 161 Å². The van der Waals surface area contributed by atoms with E-state index in [0.29, 0.717) is 24.9 Å². The molecule has 27 heavy (non-hydrogen) atoms. The molecular weight excluding hydrogens is 342 g/mol. The van der Waals surface area contributed by atoms with Crippen molar-refractivity contribution in [3.8, 4) is 5.75 Å². The average Bonchev–Trinajstić information content (AvgIpc) is 3.19. The van der Waals surface area contributed by atoms with E-state index in [4.69, 9.17) is 9.15 Å². The number of furan rings is 1. The molecule has 148 valence electrons. The first-order chi connectivity index (χ1) is 13.0. The van der Waals surface area contributed by atoms with Crippen molar-refractivity contribution in [1.82, 2.24) is 10.6 Å². The van der Waals surface area contributed by atoms with Gasteiger partial charge >= 0.3 is 0 Å². The largest absolute Gasteiger partial charge is 0.493 e. The van der Waals surface area contributed by atoms with Gasteiger partial charge in [-0.05, 0) is 51.0 Å². The Bertz CT molecular complexity index is 724. The Balaban J connectivity index is 2.07. The van der Waals surface area contributed by atoms with E-state index in [-0.39, 0.29) is 6.54 Å². The van der Waals surface area contributed by atoms with Gasteiger partial charge in [0, 0.05) is 12.1 Å². The molecule has 6 heteroatoms. The average molecular weight is 373 g/mol. The molecule has 3 N–H and O–H groups in total. The second-order valence-electron chi connectivity index (χ2n) is 6.76. The van der Waals surface area contributed by atoms with Crippen LogP contribution >= 0.6 is 0 Å². The van der Waals surface area contributed by atoms with Gasteiger partial charge in [-0.25, -0.2) is 4.99 Å². The van der Waals surface area contributed by atoms with Crippen LogP contribution < -0.4 is 15.4 Å². The lowest BCUT2D eigenvalue weighted by Gasteiger charge is -2.22. The molecule has 0 saturated heterocycles. The molecule has 1 aromatic heterocycles. The van der Waals surface area contributed by atoms with Crippen LogP contribution in [0.25, 0.3) is 0 Å². The zero-order chi connectivity index (χ0) is 19.7. The Morgan fingerprint density at radius 2 is 2.07 bits per heavy atom. The lowest BCUT2D eigenvalue weighted by atomic mass is 10.0. The Kier molecular flexibility index (Phi) is 7.73. The van der Waals surface area contributed by atoms with Gasteiger partial charge in [-0.3, -0.25) is 0 Å². The van der Waals surface area contributed by atoms with Crippen molar-refractivity contribution < 1.29 is 14.3 Å². The summed E-state index contributed by atoms with van der Waals surface area (Å²) in [5.41, 5.74) is 1.07. The number of aliphatic imine (C=N–C) groups is 1. The standard InChI is InChI=1S/C21H31N3O3/c1-5-11-26-18-13-16(3)9-10-17(18)14-23-20(22-6-2)24-15-21(4,25)19-8-7-12-27-19/h7-10,12-13,25H,5-6,11,14-15H2,1-4H3,(H2,22,23,24). The maximum atomic E-state index is 10.6. The fraction of sp³-hybridized carbons (Fsp3) is 0.476. The number of ether oxygens (including phenoxy) is 1. The Morgan fingerprint density at radius 3 is 2.74 bits per heavy atom. The number of hydrogen-bond acceptors (Lipinski definition) is 4. The van der Waals surface area contributed by atoms with Gasteiger partial charge in [-0.1, -0.05) is 19.1 Å². The van der Waals surface area contributed by atoms with Crippen molar-refractivity contribution in [2.24, 2.45) is 4.99 Å². The molecule has 1 unspecified atom stereocenters. The van der Waals surface area contributed by atoms with Crippen LogP contribution in [-0.4, -0.2) is 30.8 Å². The van der Waals surface area contributed by atoms with Crippen molar-refractivity contribution in [3.63, 3.8) is 0 Å². The minimum atomic E-state index is -1.13. The maximum absolute atomic E-state index is 10.6. The number of guanidine groups is 1. The third-order valence-electron chi connectivity index (χ3n) is 4.09. The quantitative estimate of drug-likeness (QED) is 0.464. The maximum Gasteiger partial charge on any atom is 0.191 e. The predicted molar refractivity (Wildman–Crippen MR) is 108 cm³/mol. The summed E-state index contributed by atoms with van der Waals surface area (Å²) in [6, 6.07) is 9.67. The third kappa shape index (κ3) is 6.32. The topological polar surface area (TPSA) is 79.0 Å². The van der Waals surface area contributed by atoms with E-state index >= 15 is 0 Å². The van der Waals surface area contributed by atoms with Crippen LogP contribution in [-0.2, 0) is 12.1 Å². The number of nitrogens with zero attached hydrogens (tertiary/aromatic N) is 1. The van der Waals surface area contributed by atoms with Crippen LogP contribution in [0.15, 0.2) is 46.0 Å². The van der Waals surface area contributed by atoms with Crippen LogP contribution in [0.1, 0.15) is 44.1 Å². The molecule has 0 aliphatic heterocycles. The predicted octanol–water partition coefficient (Wildman–Crippen LogP) is 3.34. The van der Waals surface area contributed by atoms with Crippen LogP contribution in [0.5, 0.6) is 5.75 Å². The van der Waals surface area contributed by atoms with Crippen molar-refractivity contribution in [2.75, 3.05) is 19.7 Å². The molecule has 2 rings (SSSR count). The van der Waals surface area contributed by atoms with Gasteiger partial charge in [-0.2, -0.15) is 0 Å². The first-order valence-corrected chi connectivity index (χ1v) is 9.47. The summed E-state index contributed by atoms with van der Waals surface area (Å²) in [6.45, 7) is 10.0. The lowest BCUT2D eigenvalue weighted by Crippen LogP contribution is -2.44. The zero-order valence-electron chi connectivity index (χ0n) is 16.7. The lowest BCUT2D eigenvalue weighted by molar-refractivity contribution is 0.0386. The third-order valence-corrected chi connectivity index (χ3v) is 4.09. The highest BCUT2D eigenvalue weighted by molar-refractivity contribution is 5.79. The molecular formula is C21H31N3O3. The van der Waals surface area contributed by atoms with Crippen molar-refractivity contribution in [2.45, 2.75) is 46.3 Å². The van der Waals surface area contributed by atoms with Gasteiger partial charge in [0.2, 0.25) is 0 Å². The molecule has 0 spiro atoms. The number of aliphatic hydroxyl groups is 1. The van der Waals surface area contributed by atoms with Crippen LogP contribution in [0.4, 0.5) is 0 Å². The SMILES string of the molecule is CCCOc1cc(C)ccc1CN=C(NCC)NCC(C)(O)c1ccco1. The monoisotopic (exact) mass is 373 g/mol. The molecule has 6 nitrogen and oxygen atoms in total. The zero-order valence-corrected chi connectivity index (χ0v) is 16.7. The van der Waals surface area contributed by atoms with Crippen LogP contribution in [0.3, 0.4) is 0 Å². The van der Waals surface area contributed by atoms with Crippen molar-refractivity contribution in [1.29, 1.82) is 0 Å². The number of rotatable bonds is 9. The first kappa shape index (κ1) is 20.8. The van der Waals surface area contributed by atoms with Gasteiger partial charge in [0.15, 0.2) is 5.96 Å². The molecule has 2 aromatic rings. The highest BCUT2D eigenvalue weighted by Gasteiger charge is 2.26. The molecule has 0 amide bonds. The molecule has 0 aliphatic carbocycles. The van der Waals surface area contributed by atoms with E-state index in [0.717, 1.165) is 29.8 Å². The van der Waals surface area contributed by atoms with Crippen molar-refractivity contribution >= 4 is 5.96 Å². The number of hydrogen-bond donors (Lipinski definition) is 3. The summed E-state index contributed by atoms with van der Waals surface area (Å²) >= 11 is 0. The van der Waals surface area contributed by atoms with E-state index in [1.165, 1.54) is 0 Å². The fourth-order valence-corrected chi connectivity index (χ4v) is 2.57. The van der Waals surface area contributed by atoms with E-state index in [1.54, 1.807) is 25.3 Å².